The van der Waals surface area contributed by atoms with Gasteiger partial charge in [0.05, 0.1) is 6.61 Å². The van der Waals surface area contributed by atoms with E-state index in [0.29, 0.717) is 25.2 Å². The maximum absolute atomic E-state index is 11.9. The van der Waals surface area contributed by atoms with E-state index in [9.17, 15) is 9.59 Å². The number of hydrogen-bond acceptors (Lipinski definition) is 5. The van der Waals surface area contributed by atoms with E-state index in [0.717, 1.165) is 25.7 Å². The van der Waals surface area contributed by atoms with E-state index >= 15 is 0 Å². The second-order valence-corrected chi connectivity index (χ2v) is 5.17. The smallest absolute Gasteiger partial charge is 0.311 e. The fourth-order valence-corrected chi connectivity index (χ4v) is 1.93. The Morgan fingerprint density at radius 3 is 2.00 bits per heavy atom. The first-order valence-corrected chi connectivity index (χ1v) is 8.29. The molecule has 0 aliphatic carbocycles. The lowest BCUT2D eigenvalue weighted by Gasteiger charge is -2.14. The Labute approximate surface area is 137 Å². The zero-order valence-corrected chi connectivity index (χ0v) is 14.2. The standard InChI is InChI=1S/C18H26O5/c1-4-7-12-16(19)22-15-11-9-10-14(21-6-3)18(15)23-17(20)13-8-5-2/h9-11H,4-8,12-13H2,1-3H3. The molecular weight excluding hydrogens is 296 g/mol. The van der Waals surface area contributed by atoms with E-state index in [4.69, 9.17) is 14.2 Å². The highest BCUT2D eigenvalue weighted by Gasteiger charge is 2.18. The van der Waals surface area contributed by atoms with E-state index in [2.05, 4.69) is 0 Å². The van der Waals surface area contributed by atoms with Crippen molar-refractivity contribution < 1.29 is 23.8 Å². The van der Waals surface area contributed by atoms with Gasteiger partial charge in [0, 0.05) is 12.8 Å². The second kappa shape index (κ2) is 10.6. The lowest BCUT2D eigenvalue weighted by atomic mass is 10.2. The molecule has 0 amide bonds. The van der Waals surface area contributed by atoms with Gasteiger partial charge in [0.2, 0.25) is 5.75 Å². The third-order valence-electron chi connectivity index (χ3n) is 3.15. The predicted octanol–water partition coefficient (Wildman–Crippen LogP) is 4.28. The van der Waals surface area contributed by atoms with E-state index in [1.54, 1.807) is 18.2 Å². The second-order valence-electron chi connectivity index (χ2n) is 5.17. The van der Waals surface area contributed by atoms with Crippen molar-refractivity contribution in [3.05, 3.63) is 18.2 Å². The fraction of sp³-hybridized carbons (Fsp3) is 0.556. The average molecular weight is 322 g/mol. The third kappa shape index (κ3) is 6.72. The number of ether oxygens (including phenoxy) is 3. The van der Waals surface area contributed by atoms with Gasteiger partial charge in [0.1, 0.15) is 0 Å². The van der Waals surface area contributed by atoms with Crippen LogP contribution in [-0.2, 0) is 9.59 Å². The molecular formula is C18H26O5. The van der Waals surface area contributed by atoms with Crippen molar-refractivity contribution in [3.8, 4) is 17.2 Å². The molecule has 0 unspecified atom stereocenters. The molecule has 1 aromatic rings. The number of para-hydroxylation sites is 1. The zero-order valence-electron chi connectivity index (χ0n) is 14.2. The van der Waals surface area contributed by atoms with Crippen molar-refractivity contribution in [2.75, 3.05) is 6.61 Å². The molecule has 0 saturated carbocycles. The number of rotatable bonds is 10. The lowest BCUT2D eigenvalue weighted by molar-refractivity contribution is -0.137. The van der Waals surface area contributed by atoms with Gasteiger partial charge in [0.15, 0.2) is 11.5 Å². The Balaban J connectivity index is 2.92. The summed E-state index contributed by atoms with van der Waals surface area (Å²) in [5.74, 6) is 0.108. The Hall–Kier alpha value is -2.04. The van der Waals surface area contributed by atoms with Crippen LogP contribution in [0.2, 0.25) is 0 Å². The van der Waals surface area contributed by atoms with Crippen molar-refractivity contribution in [1.82, 2.24) is 0 Å². The number of hydrogen-bond donors (Lipinski definition) is 0. The highest BCUT2D eigenvalue weighted by atomic mass is 16.6. The maximum Gasteiger partial charge on any atom is 0.311 e. The Morgan fingerprint density at radius 1 is 0.870 bits per heavy atom. The molecule has 0 N–H and O–H groups in total. The van der Waals surface area contributed by atoms with Gasteiger partial charge < -0.3 is 14.2 Å². The van der Waals surface area contributed by atoms with Gasteiger partial charge in [-0.05, 0) is 31.9 Å². The number of esters is 2. The first-order valence-electron chi connectivity index (χ1n) is 8.29. The van der Waals surface area contributed by atoms with Crippen LogP contribution < -0.4 is 14.2 Å². The van der Waals surface area contributed by atoms with Crippen LogP contribution in [0.1, 0.15) is 59.3 Å². The summed E-state index contributed by atoms with van der Waals surface area (Å²) < 4.78 is 16.2. The van der Waals surface area contributed by atoms with Gasteiger partial charge >= 0.3 is 11.9 Å². The Bertz CT molecular complexity index is 510. The van der Waals surface area contributed by atoms with Crippen molar-refractivity contribution >= 4 is 11.9 Å². The molecule has 0 aliphatic rings. The fourth-order valence-electron chi connectivity index (χ4n) is 1.93. The number of carbonyl (C=O) groups excluding carboxylic acids is 2. The molecule has 0 aliphatic heterocycles. The normalized spacial score (nSPS) is 10.2. The quantitative estimate of drug-likeness (QED) is 0.475. The summed E-state index contributed by atoms with van der Waals surface area (Å²) in [6, 6.07) is 5.00. The zero-order chi connectivity index (χ0) is 17.1. The van der Waals surface area contributed by atoms with Crippen LogP contribution in [0, 0.1) is 0 Å². The summed E-state index contributed by atoms with van der Waals surface area (Å²) in [5, 5.41) is 0. The third-order valence-corrected chi connectivity index (χ3v) is 3.15. The molecule has 23 heavy (non-hydrogen) atoms. The van der Waals surface area contributed by atoms with Gasteiger partial charge in [-0.1, -0.05) is 32.8 Å². The summed E-state index contributed by atoms with van der Waals surface area (Å²) in [6.07, 6.45) is 3.98. The first-order chi connectivity index (χ1) is 11.1. The largest absolute Gasteiger partial charge is 0.490 e. The van der Waals surface area contributed by atoms with Crippen molar-refractivity contribution in [2.45, 2.75) is 59.3 Å². The van der Waals surface area contributed by atoms with Gasteiger partial charge in [-0.25, -0.2) is 0 Å². The van der Waals surface area contributed by atoms with Gasteiger partial charge in [0.25, 0.3) is 0 Å². The highest BCUT2D eigenvalue weighted by molar-refractivity contribution is 5.77. The van der Waals surface area contributed by atoms with E-state index in [1.165, 1.54) is 0 Å². The van der Waals surface area contributed by atoms with Gasteiger partial charge in [-0.3, -0.25) is 9.59 Å². The Morgan fingerprint density at radius 2 is 1.43 bits per heavy atom. The molecule has 0 atom stereocenters. The number of carbonyl (C=O) groups is 2. The van der Waals surface area contributed by atoms with E-state index in [-0.39, 0.29) is 23.4 Å². The minimum Gasteiger partial charge on any atom is -0.490 e. The molecule has 0 spiro atoms. The molecule has 0 radical (unpaired) electrons. The summed E-state index contributed by atoms with van der Waals surface area (Å²) in [5.41, 5.74) is 0. The van der Waals surface area contributed by atoms with Crippen LogP contribution in [0.5, 0.6) is 17.2 Å². The summed E-state index contributed by atoms with van der Waals surface area (Å²) in [6.45, 7) is 6.27. The minimum absolute atomic E-state index is 0.181. The molecule has 0 fully saturated rings. The minimum atomic E-state index is -0.357. The summed E-state index contributed by atoms with van der Waals surface area (Å²) in [7, 11) is 0. The lowest BCUT2D eigenvalue weighted by Crippen LogP contribution is -2.13. The molecule has 0 bridgehead atoms. The van der Waals surface area contributed by atoms with E-state index < -0.39 is 0 Å². The Kier molecular flexibility index (Phi) is 8.80. The van der Waals surface area contributed by atoms with Crippen molar-refractivity contribution in [3.63, 3.8) is 0 Å². The van der Waals surface area contributed by atoms with Crippen LogP contribution >= 0.6 is 0 Å². The predicted molar refractivity (Wildman–Crippen MR) is 87.9 cm³/mol. The van der Waals surface area contributed by atoms with E-state index in [1.807, 2.05) is 20.8 Å². The van der Waals surface area contributed by atoms with Crippen molar-refractivity contribution in [2.24, 2.45) is 0 Å². The molecule has 1 aromatic carbocycles. The summed E-state index contributed by atoms with van der Waals surface area (Å²) >= 11 is 0. The molecule has 5 nitrogen and oxygen atoms in total. The molecule has 0 heterocycles. The number of benzene rings is 1. The highest BCUT2D eigenvalue weighted by Crippen LogP contribution is 2.38. The average Bonchev–Trinajstić information content (AvgIpc) is 2.54. The number of unbranched alkanes of at least 4 members (excludes halogenated alkanes) is 2. The SMILES string of the molecule is CCCCC(=O)Oc1cccc(OCC)c1OC(=O)CCCC. The van der Waals surface area contributed by atoms with Gasteiger partial charge in [-0.15, -0.1) is 0 Å². The molecule has 128 valence electrons. The molecule has 0 saturated heterocycles. The van der Waals surface area contributed by atoms with Crippen LogP contribution in [-0.4, -0.2) is 18.5 Å². The summed E-state index contributed by atoms with van der Waals surface area (Å²) in [4.78, 5) is 23.8. The molecule has 1 rings (SSSR count). The van der Waals surface area contributed by atoms with Crippen molar-refractivity contribution in [1.29, 1.82) is 0 Å². The van der Waals surface area contributed by atoms with Crippen LogP contribution in [0.25, 0.3) is 0 Å². The maximum atomic E-state index is 11.9. The molecule has 0 aromatic heterocycles. The topological polar surface area (TPSA) is 61.8 Å². The molecule has 5 heteroatoms. The first kappa shape index (κ1) is 19.0. The monoisotopic (exact) mass is 322 g/mol. The van der Waals surface area contributed by atoms with Crippen LogP contribution in [0.15, 0.2) is 18.2 Å². The van der Waals surface area contributed by atoms with Crippen LogP contribution in [0.3, 0.4) is 0 Å². The van der Waals surface area contributed by atoms with Crippen LogP contribution in [0.4, 0.5) is 0 Å². The van der Waals surface area contributed by atoms with Gasteiger partial charge in [-0.2, -0.15) is 0 Å².